The van der Waals surface area contributed by atoms with E-state index in [4.69, 9.17) is 4.74 Å². The van der Waals surface area contributed by atoms with Gasteiger partial charge >= 0.3 is 0 Å². The number of aliphatic hydroxyl groups is 1. The molecule has 0 saturated heterocycles. The number of hydrogen-bond donors (Lipinski definition) is 2. The van der Waals surface area contributed by atoms with E-state index in [-0.39, 0.29) is 12.5 Å². The van der Waals surface area contributed by atoms with Crippen LogP contribution in [-0.4, -0.2) is 33.6 Å². The summed E-state index contributed by atoms with van der Waals surface area (Å²) in [5.41, 5.74) is 1.56. The SMILES string of the molecule is CC(O)CNC(=O)c1cccc(Oc2ncnc3sc(-c4ccccc4)cc23)c1. The van der Waals surface area contributed by atoms with E-state index in [1.54, 1.807) is 42.5 Å². The number of aliphatic hydroxyl groups excluding tert-OH is 1. The van der Waals surface area contributed by atoms with Crippen LogP contribution in [0.15, 0.2) is 67.0 Å². The van der Waals surface area contributed by atoms with Gasteiger partial charge in [0.25, 0.3) is 5.91 Å². The molecule has 0 fully saturated rings. The fraction of sp³-hybridized carbons (Fsp3) is 0.136. The van der Waals surface area contributed by atoms with Gasteiger partial charge < -0.3 is 15.2 Å². The summed E-state index contributed by atoms with van der Waals surface area (Å²) in [5.74, 6) is 0.670. The van der Waals surface area contributed by atoms with E-state index in [2.05, 4.69) is 15.3 Å². The van der Waals surface area contributed by atoms with Crippen molar-refractivity contribution < 1.29 is 14.6 Å². The Balaban J connectivity index is 1.60. The summed E-state index contributed by atoms with van der Waals surface area (Å²) in [5, 5.41) is 12.8. The van der Waals surface area contributed by atoms with Crippen LogP contribution in [-0.2, 0) is 0 Å². The van der Waals surface area contributed by atoms with Crippen molar-refractivity contribution in [2.24, 2.45) is 0 Å². The molecule has 0 aliphatic carbocycles. The van der Waals surface area contributed by atoms with Gasteiger partial charge in [-0.3, -0.25) is 4.79 Å². The molecule has 7 heteroatoms. The van der Waals surface area contributed by atoms with Crippen LogP contribution >= 0.6 is 11.3 Å². The van der Waals surface area contributed by atoms with Crippen molar-refractivity contribution >= 4 is 27.5 Å². The third-order valence-corrected chi connectivity index (χ3v) is 5.31. The molecule has 0 saturated carbocycles. The molecule has 1 amide bonds. The third-order valence-electron chi connectivity index (χ3n) is 4.22. The summed E-state index contributed by atoms with van der Waals surface area (Å²) in [6.07, 6.45) is 0.868. The zero-order chi connectivity index (χ0) is 20.2. The first-order valence-corrected chi connectivity index (χ1v) is 9.96. The van der Waals surface area contributed by atoms with E-state index in [9.17, 15) is 9.90 Å². The van der Waals surface area contributed by atoms with Crippen LogP contribution in [0.5, 0.6) is 11.6 Å². The molecule has 6 nitrogen and oxygen atoms in total. The lowest BCUT2D eigenvalue weighted by molar-refractivity contribution is 0.0923. The number of fused-ring (bicyclic) bond motifs is 1. The fourth-order valence-electron chi connectivity index (χ4n) is 2.81. The standard InChI is InChI=1S/C22H19N3O3S/c1-14(26)12-23-20(27)16-8-5-9-17(10-16)28-21-18-11-19(15-6-3-2-4-7-15)29-22(18)25-13-24-21/h2-11,13-14,26H,12H2,1H3,(H,23,27). The van der Waals surface area contributed by atoms with Gasteiger partial charge in [-0.1, -0.05) is 36.4 Å². The Bertz CT molecular complexity index is 1140. The molecule has 0 aliphatic heterocycles. The quantitative estimate of drug-likeness (QED) is 0.501. The van der Waals surface area contributed by atoms with E-state index < -0.39 is 6.10 Å². The molecule has 2 aromatic carbocycles. The van der Waals surface area contributed by atoms with Crippen molar-refractivity contribution in [2.75, 3.05) is 6.54 Å². The minimum absolute atomic E-state index is 0.188. The number of nitrogens with zero attached hydrogens (tertiary/aromatic N) is 2. The molecule has 1 unspecified atom stereocenters. The van der Waals surface area contributed by atoms with Crippen molar-refractivity contribution in [3.8, 4) is 22.1 Å². The highest BCUT2D eigenvalue weighted by molar-refractivity contribution is 7.21. The maximum Gasteiger partial charge on any atom is 0.251 e. The Hall–Kier alpha value is -3.29. The van der Waals surface area contributed by atoms with E-state index in [0.717, 1.165) is 20.7 Å². The Labute approximate surface area is 171 Å². The van der Waals surface area contributed by atoms with Gasteiger partial charge in [-0.15, -0.1) is 11.3 Å². The molecule has 29 heavy (non-hydrogen) atoms. The topological polar surface area (TPSA) is 84.3 Å². The summed E-state index contributed by atoms with van der Waals surface area (Å²) in [6, 6.07) is 18.9. The average molecular weight is 405 g/mol. The second kappa shape index (κ2) is 8.38. The lowest BCUT2D eigenvalue weighted by Gasteiger charge is -2.09. The molecule has 146 valence electrons. The number of benzene rings is 2. The molecule has 4 rings (SSSR count). The van der Waals surface area contributed by atoms with Crippen LogP contribution in [0.1, 0.15) is 17.3 Å². The Morgan fingerprint density at radius 1 is 1.14 bits per heavy atom. The average Bonchev–Trinajstić information content (AvgIpc) is 3.18. The molecule has 2 N–H and O–H groups in total. The number of nitrogens with one attached hydrogen (secondary N) is 1. The zero-order valence-electron chi connectivity index (χ0n) is 15.7. The maximum absolute atomic E-state index is 12.2. The molecule has 4 aromatic rings. The van der Waals surface area contributed by atoms with Gasteiger partial charge in [-0.25, -0.2) is 9.97 Å². The van der Waals surface area contributed by atoms with Crippen LogP contribution < -0.4 is 10.1 Å². The van der Waals surface area contributed by atoms with Gasteiger partial charge in [0.1, 0.15) is 16.9 Å². The Morgan fingerprint density at radius 3 is 2.76 bits per heavy atom. The highest BCUT2D eigenvalue weighted by atomic mass is 32.1. The van der Waals surface area contributed by atoms with E-state index in [1.165, 1.54) is 6.33 Å². The van der Waals surface area contributed by atoms with Crippen LogP contribution in [0.4, 0.5) is 0 Å². The molecule has 1 atom stereocenters. The molecule has 0 radical (unpaired) electrons. The van der Waals surface area contributed by atoms with Gasteiger partial charge in [0.15, 0.2) is 0 Å². The van der Waals surface area contributed by atoms with Crippen LogP contribution in [0, 0.1) is 0 Å². The smallest absolute Gasteiger partial charge is 0.251 e. The Kier molecular flexibility index (Phi) is 5.50. The predicted molar refractivity (Wildman–Crippen MR) is 113 cm³/mol. The Morgan fingerprint density at radius 2 is 1.97 bits per heavy atom. The van der Waals surface area contributed by atoms with Gasteiger partial charge in [0.05, 0.1) is 11.5 Å². The van der Waals surface area contributed by atoms with E-state index >= 15 is 0 Å². The van der Waals surface area contributed by atoms with Crippen LogP contribution in [0.3, 0.4) is 0 Å². The fourth-order valence-corrected chi connectivity index (χ4v) is 3.81. The van der Waals surface area contributed by atoms with Crippen molar-refractivity contribution in [1.29, 1.82) is 0 Å². The summed E-state index contributed by atoms with van der Waals surface area (Å²) in [4.78, 5) is 22.8. The molecule has 2 heterocycles. The summed E-state index contributed by atoms with van der Waals surface area (Å²) in [7, 11) is 0. The van der Waals surface area contributed by atoms with Gasteiger partial charge in [-0.2, -0.15) is 0 Å². The molecule has 0 spiro atoms. The van der Waals surface area contributed by atoms with Gasteiger partial charge in [0.2, 0.25) is 5.88 Å². The summed E-state index contributed by atoms with van der Waals surface area (Å²) >= 11 is 1.57. The third kappa shape index (κ3) is 4.42. The largest absolute Gasteiger partial charge is 0.438 e. The van der Waals surface area contributed by atoms with Gasteiger partial charge in [0, 0.05) is 17.0 Å². The highest BCUT2D eigenvalue weighted by Crippen LogP contribution is 2.37. The predicted octanol–water partition coefficient (Wildman–Crippen LogP) is 4.26. The lowest BCUT2D eigenvalue weighted by atomic mass is 10.2. The molecular formula is C22H19N3O3S. The number of aromatic nitrogens is 2. The van der Waals surface area contributed by atoms with Gasteiger partial charge in [-0.05, 0) is 36.8 Å². The number of carbonyl (C=O) groups excluding carboxylic acids is 1. The first kappa shape index (κ1) is 19.0. The van der Waals surface area contributed by atoms with Crippen LogP contribution in [0.25, 0.3) is 20.7 Å². The van der Waals surface area contributed by atoms with Crippen molar-refractivity contribution in [2.45, 2.75) is 13.0 Å². The lowest BCUT2D eigenvalue weighted by Crippen LogP contribution is -2.30. The molecule has 0 aliphatic rings. The minimum Gasteiger partial charge on any atom is -0.438 e. The summed E-state index contributed by atoms with van der Waals surface area (Å²) in [6.45, 7) is 1.80. The van der Waals surface area contributed by atoms with Crippen LogP contribution in [0.2, 0.25) is 0 Å². The second-order valence-electron chi connectivity index (χ2n) is 6.56. The molecule has 0 bridgehead atoms. The number of rotatable bonds is 6. The molecule has 2 aromatic heterocycles. The molecular weight excluding hydrogens is 386 g/mol. The van der Waals surface area contributed by atoms with Crippen molar-refractivity contribution in [3.05, 3.63) is 72.6 Å². The normalized spacial score (nSPS) is 11.9. The van der Waals surface area contributed by atoms with E-state index in [1.807, 2.05) is 36.4 Å². The summed E-state index contributed by atoms with van der Waals surface area (Å²) < 4.78 is 5.98. The zero-order valence-corrected chi connectivity index (χ0v) is 16.5. The number of hydrogen-bond acceptors (Lipinski definition) is 6. The van der Waals surface area contributed by atoms with Crippen molar-refractivity contribution in [1.82, 2.24) is 15.3 Å². The minimum atomic E-state index is -0.606. The number of amides is 1. The highest BCUT2D eigenvalue weighted by Gasteiger charge is 2.13. The first-order valence-electron chi connectivity index (χ1n) is 9.14. The monoisotopic (exact) mass is 405 g/mol. The number of thiophene rings is 1. The number of carbonyl (C=O) groups is 1. The second-order valence-corrected chi connectivity index (χ2v) is 7.59. The maximum atomic E-state index is 12.2. The first-order chi connectivity index (χ1) is 14.1. The number of ether oxygens (including phenoxy) is 1. The van der Waals surface area contributed by atoms with E-state index in [0.29, 0.717) is 17.2 Å². The van der Waals surface area contributed by atoms with Crippen molar-refractivity contribution in [3.63, 3.8) is 0 Å².